The van der Waals surface area contributed by atoms with Crippen molar-refractivity contribution in [3.05, 3.63) is 127 Å². The van der Waals surface area contributed by atoms with Crippen molar-refractivity contribution in [3.8, 4) is 28.3 Å². The molecule has 0 fully saturated rings. The number of nitrogens with zero attached hydrogens (tertiary/aromatic N) is 3. The lowest BCUT2D eigenvalue weighted by molar-refractivity contribution is 0.666. The van der Waals surface area contributed by atoms with Crippen LogP contribution < -0.4 is 0 Å². The van der Waals surface area contributed by atoms with Crippen molar-refractivity contribution in [2.45, 2.75) is 19.3 Å². The molecule has 1 aliphatic rings. The fraction of sp³-hybridized carbons (Fsp3) is 0.0857. The Bertz CT molecular complexity index is 2050. The highest BCUT2D eigenvalue weighted by Crippen LogP contribution is 2.53. The van der Waals surface area contributed by atoms with Crippen LogP contribution in [0.25, 0.3) is 60.9 Å². The smallest absolute Gasteiger partial charge is 0.159 e. The van der Waals surface area contributed by atoms with Crippen LogP contribution >= 0.6 is 0 Å². The Hall–Kier alpha value is -4.76. The molecule has 0 spiro atoms. The number of benzene rings is 5. The largest absolute Gasteiger partial charge is 0.308 e. The Morgan fingerprint density at radius 2 is 1.42 bits per heavy atom. The quantitative estimate of drug-likeness (QED) is 0.228. The fourth-order valence-corrected chi connectivity index (χ4v) is 6.51. The first-order chi connectivity index (χ1) is 18.6. The average Bonchev–Trinajstić information content (AvgIpc) is 3.43. The van der Waals surface area contributed by atoms with Gasteiger partial charge in [-0.25, -0.2) is 9.97 Å². The Balaban J connectivity index is 1.47. The van der Waals surface area contributed by atoms with Crippen molar-refractivity contribution in [3.63, 3.8) is 0 Å². The van der Waals surface area contributed by atoms with Gasteiger partial charge >= 0.3 is 0 Å². The second-order valence-electron chi connectivity index (χ2n) is 10.7. The number of aromatic nitrogens is 3. The maximum Gasteiger partial charge on any atom is 0.159 e. The van der Waals surface area contributed by atoms with E-state index in [9.17, 15) is 0 Å². The van der Waals surface area contributed by atoms with Gasteiger partial charge in [-0.3, -0.25) is 0 Å². The van der Waals surface area contributed by atoms with E-state index in [4.69, 9.17) is 4.98 Å². The van der Waals surface area contributed by atoms with Crippen LogP contribution in [0.5, 0.6) is 0 Å². The summed E-state index contributed by atoms with van der Waals surface area (Å²) in [6, 6.07) is 38.9. The molecule has 0 aliphatic heterocycles. The van der Waals surface area contributed by atoms with Crippen molar-refractivity contribution < 1.29 is 0 Å². The Kier molecular flexibility index (Phi) is 4.28. The highest BCUT2D eigenvalue weighted by Gasteiger charge is 2.40. The van der Waals surface area contributed by atoms with Gasteiger partial charge in [0, 0.05) is 44.3 Å². The second kappa shape index (κ2) is 7.62. The van der Waals surface area contributed by atoms with Crippen molar-refractivity contribution in [2.24, 2.45) is 0 Å². The minimum Gasteiger partial charge on any atom is -0.308 e. The summed E-state index contributed by atoms with van der Waals surface area (Å²) in [4.78, 5) is 9.74. The standard InChI is InChI=1S/C35H25N3/c1-35(2)28-16-8-6-13-26(28)33-31(35)27-14-7-9-17-30(27)38(33)29-18-10-15-25-24(29)20-19-23-21-36-34(37-32(23)25)22-11-4-3-5-12-22/h3-21H,1-2H3. The van der Waals surface area contributed by atoms with Crippen LogP contribution in [0, 0.1) is 0 Å². The third-order valence-electron chi connectivity index (χ3n) is 8.21. The van der Waals surface area contributed by atoms with Crippen LogP contribution in [-0.4, -0.2) is 14.5 Å². The van der Waals surface area contributed by atoms with E-state index in [1.54, 1.807) is 0 Å². The number of fused-ring (bicyclic) bond motifs is 8. The molecule has 0 saturated carbocycles. The number of para-hydroxylation sites is 1. The molecule has 1 aliphatic carbocycles. The lowest BCUT2D eigenvalue weighted by Crippen LogP contribution is -2.14. The summed E-state index contributed by atoms with van der Waals surface area (Å²) < 4.78 is 2.48. The second-order valence-corrected chi connectivity index (χ2v) is 10.7. The summed E-state index contributed by atoms with van der Waals surface area (Å²) in [7, 11) is 0. The molecule has 0 bridgehead atoms. The Morgan fingerprint density at radius 3 is 2.32 bits per heavy atom. The molecule has 0 atom stereocenters. The predicted octanol–water partition coefficient (Wildman–Crippen LogP) is 8.70. The summed E-state index contributed by atoms with van der Waals surface area (Å²) in [6.07, 6.45) is 1.94. The zero-order valence-electron chi connectivity index (χ0n) is 21.3. The zero-order chi connectivity index (χ0) is 25.4. The molecular weight excluding hydrogens is 462 g/mol. The molecule has 2 aromatic heterocycles. The van der Waals surface area contributed by atoms with Gasteiger partial charge < -0.3 is 4.57 Å². The van der Waals surface area contributed by atoms with Gasteiger partial charge in [-0.15, -0.1) is 0 Å². The van der Waals surface area contributed by atoms with E-state index in [2.05, 4.69) is 114 Å². The minimum absolute atomic E-state index is 0.0775. The van der Waals surface area contributed by atoms with Gasteiger partial charge in [0.15, 0.2) is 5.82 Å². The van der Waals surface area contributed by atoms with Crippen molar-refractivity contribution in [2.75, 3.05) is 0 Å². The van der Waals surface area contributed by atoms with Crippen LogP contribution in [0.3, 0.4) is 0 Å². The first-order valence-corrected chi connectivity index (χ1v) is 13.1. The monoisotopic (exact) mass is 487 g/mol. The van der Waals surface area contributed by atoms with E-state index >= 15 is 0 Å². The van der Waals surface area contributed by atoms with Gasteiger partial charge in [-0.2, -0.15) is 0 Å². The van der Waals surface area contributed by atoms with Crippen molar-refractivity contribution >= 4 is 32.6 Å². The highest BCUT2D eigenvalue weighted by atomic mass is 15.0. The highest BCUT2D eigenvalue weighted by molar-refractivity contribution is 6.10. The SMILES string of the molecule is CC1(C)c2ccccc2-c2c1c1ccccc1n2-c1cccc2c1ccc1cnc(-c3ccccc3)nc12. The summed E-state index contributed by atoms with van der Waals surface area (Å²) in [5.41, 5.74) is 9.74. The van der Waals surface area contributed by atoms with Crippen LogP contribution in [-0.2, 0) is 5.41 Å². The molecule has 2 heterocycles. The lowest BCUT2D eigenvalue weighted by Gasteiger charge is -2.21. The van der Waals surface area contributed by atoms with Crippen LogP contribution in [0.4, 0.5) is 0 Å². The zero-order valence-corrected chi connectivity index (χ0v) is 21.3. The van der Waals surface area contributed by atoms with Crippen LogP contribution in [0.2, 0.25) is 0 Å². The van der Waals surface area contributed by atoms with Crippen LogP contribution in [0.1, 0.15) is 25.0 Å². The summed E-state index contributed by atoms with van der Waals surface area (Å²) in [5, 5.41) is 4.68. The van der Waals surface area contributed by atoms with Gasteiger partial charge in [0.2, 0.25) is 0 Å². The van der Waals surface area contributed by atoms with E-state index in [-0.39, 0.29) is 5.41 Å². The molecule has 0 amide bonds. The van der Waals surface area contributed by atoms with Gasteiger partial charge in [0.1, 0.15) is 0 Å². The predicted molar refractivity (Wildman–Crippen MR) is 157 cm³/mol. The third-order valence-corrected chi connectivity index (χ3v) is 8.21. The summed E-state index contributed by atoms with van der Waals surface area (Å²) in [6.45, 7) is 4.71. The molecule has 3 nitrogen and oxygen atoms in total. The van der Waals surface area contributed by atoms with E-state index in [0.717, 1.165) is 27.7 Å². The first kappa shape index (κ1) is 21.3. The van der Waals surface area contributed by atoms with Crippen molar-refractivity contribution in [1.29, 1.82) is 0 Å². The average molecular weight is 488 g/mol. The Morgan fingerprint density at radius 1 is 0.658 bits per heavy atom. The van der Waals surface area contributed by atoms with E-state index in [0.29, 0.717) is 0 Å². The molecule has 180 valence electrons. The normalized spacial score (nSPS) is 13.7. The molecule has 3 heteroatoms. The lowest BCUT2D eigenvalue weighted by atomic mass is 9.81. The first-order valence-electron chi connectivity index (χ1n) is 13.1. The molecule has 0 radical (unpaired) electrons. The number of rotatable bonds is 2. The fourth-order valence-electron chi connectivity index (χ4n) is 6.51. The van der Waals surface area contributed by atoms with Gasteiger partial charge in [-0.05, 0) is 23.3 Å². The molecule has 0 N–H and O–H groups in total. The van der Waals surface area contributed by atoms with E-state index in [1.807, 2.05) is 24.4 Å². The van der Waals surface area contributed by atoms with Crippen molar-refractivity contribution in [1.82, 2.24) is 14.5 Å². The molecular formula is C35H25N3. The summed E-state index contributed by atoms with van der Waals surface area (Å²) >= 11 is 0. The van der Waals surface area contributed by atoms with Gasteiger partial charge in [0.25, 0.3) is 0 Å². The topological polar surface area (TPSA) is 30.7 Å². The molecule has 38 heavy (non-hydrogen) atoms. The third kappa shape index (κ3) is 2.79. The Labute approximate surface area is 221 Å². The molecule has 0 saturated heterocycles. The van der Waals surface area contributed by atoms with Gasteiger partial charge in [0.05, 0.1) is 22.4 Å². The number of hydrogen-bond donors (Lipinski definition) is 0. The summed E-state index contributed by atoms with van der Waals surface area (Å²) in [5.74, 6) is 0.749. The molecule has 7 aromatic rings. The number of hydrogen-bond acceptors (Lipinski definition) is 2. The molecule has 5 aromatic carbocycles. The maximum atomic E-state index is 5.07. The van der Waals surface area contributed by atoms with E-state index in [1.165, 1.54) is 44.4 Å². The molecule has 0 unspecified atom stereocenters. The minimum atomic E-state index is -0.0775. The maximum absolute atomic E-state index is 5.07. The van der Waals surface area contributed by atoms with Crippen LogP contribution in [0.15, 0.2) is 115 Å². The van der Waals surface area contributed by atoms with E-state index < -0.39 is 0 Å². The molecule has 8 rings (SSSR count). The van der Waals surface area contributed by atoms with Gasteiger partial charge in [-0.1, -0.05) is 111 Å².